The van der Waals surface area contributed by atoms with Gasteiger partial charge < -0.3 is 11.1 Å². The molecule has 2 nitrogen and oxygen atoms in total. The summed E-state index contributed by atoms with van der Waals surface area (Å²) in [6, 6.07) is 14.0. The second-order valence-corrected chi connectivity index (χ2v) is 6.08. The number of anilines is 2. The molecule has 0 aliphatic rings. The van der Waals surface area contributed by atoms with Gasteiger partial charge >= 0.3 is 0 Å². The maximum Gasteiger partial charge on any atom is 0.106 e. The van der Waals surface area contributed by atoms with Crippen molar-refractivity contribution in [2.45, 2.75) is 4.90 Å². The lowest BCUT2D eigenvalue weighted by Crippen LogP contribution is -2.12. The largest absolute Gasteiger partial charge is 0.389 e. The second-order valence-electron chi connectivity index (χ2n) is 3.88. The number of nitrogens with two attached hydrogens (primary N) is 1. The van der Waals surface area contributed by atoms with Crippen LogP contribution in [0.2, 0.25) is 0 Å². The number of halogens is 1. The van der Waals surface area contributed by atoms with Crippen molar-refractivity contribution >= 4 is 56.3 Å². The van der Waals surface area contributed by atoms with Gasteiger partial charge in [-0.25, -0.2) is 0 Å². The first-order valence-electron chi connectivity index (χ1n) is 5.61. The highest BCUT2D eigenvalue weighted by Gasteiger charge is 2.08. The number of thiocarbonyl (C=S) groups is 1. The van der Waals surface area contributed by atoms with E-state index in [1.54, 1.807) is 11.8 Å². The summed E-state index contributed by atoms with van der Waals surface area (Å²) in [6.45, 7) is 0. The van der Waals surface area contributed by atoms with Crippen molar-refractivity contribution < 1.29 is 0 Å². The number of benzene rings is 2. The monoisotopic (exact) mass is 352 g/mol. The molecular weight excluding hydrogens is 340 g/mol. The van der Waals surface area contributed by atoms with Crippen LogP contribution in [0.1, 0.15) is 5.56 Å². The number of rotatable bonds is 4. The van der Waals surface area contributed by atoms with E-state index >= 15 is 0 Å². The van der Waals surface area contributed by atoms with E-state index in [9.17, 15) is 0 Å². The highest BCUT2D eigenvalue weighted by Crippen LogP contribution is 2.30. The van der Waals surface area contributed by atoms with Crippen LogP contribution >= 0.6 is 39.9 Å². The average Bonchev–Trinajstić information content (AvgIpc) is 2.41. The summed E-state index contributed by atoms with van der Waals surface area (Å²) in [5, 5.41) is 3.39. The Labute approximate surface area is 130 Å². The molecule has 2 aromatic rings. The lowest BCUT2D eigenvalue weighted by atomic mass is 10.1. The number of hydrogen-bond acceptors (Lipinski definition) is 3. The highest BCUT2D eigenvalue weighted by atomic mass is 79.9. The maximum absolute atomic E-state index is 5.77. The quantitative estimate of drug-likeness (QED) is 0.625. The molecule has 0 aliphatic heterocycles. The number of thioether (sulfide) groups is 1. The van der Waals surface area contributed by atoms with Gasteiger partial charge in [0.2, 0.25) is 0 Å². The Bertz CT molecular complexity index is 614. The van der Waals surface area contributed by atoms with E-state index in [1.165, 1.54) is 4.90 Å². The summed E-state index contributed by atoms with van der Waals surface area (Å²) < 4.78 is 0.957. The molecule has 0 atom stereocenters. The van der Waals surface area contributed by atoms with E-state index in [2.05, 4.69) is 33.6 Å². The number of nitrogens with one attached hydrogen (secondary N) is 1. The normalized spacial score (nSPS) is 10.2. The third-order valence-corrected chi connectivity index (χ3v) is 4.13. The molecule has 0 fully saturated rings. The summed E-state index contributed by atoms with van der Waals surface area (Å²) >= 11 is 10.2. The van der Waals surface area contributed by atoms with Crippen LogP contribution in [0.25, 0.3) is 0 Å². The van der Waals surface area contributed by atoms with Gasteiger partial charge in [0.25, 0.3) is 0 Å². The minimum atomic E-state index is 0.380. The first-order chi connectivity index (χ1) is 9.11. The van der Waals surface area contributed by atoms with Gasteiger partial charge in [-0.1, -0.05) is 40.3 Å². The van der Waals surface area contributed by atoms with E-state index in [4.69, 9.17) is 18.0 Å². The molecule has 0 heterocycles. The minimum Gasteiger partial charge on any atom is -0.389 e. The molecule has 0 aromatic heterocycles. The fourth-order valence-corrected chi connectivity index (χ4v) is 2.81. The predicted molar refractivity (Wildman–Crippen MR) is 91.5 cm³/mol. The third kappa shape index (κ3) is 3.49. The molecule has 19 heavy (non-hydrogen) atoms. The first-order valence-corrected chi connectivity index (χ1v) is 8.04. The molecule has 2 aromatic carbocycles. The molecule has 98 valence electrons. The summed E-state index contributed by atoms with van der Waals surface area (Å²) in [6.07, 6.45) is 2.05. The van der Waals surface area contributed by atoms with Crippen LogP contribution in [-0.2, 0) is 0 Å². The molecule has 0 radical (unpaired) electrons. The average molecular weight is 353 g/mol. The second kappa shape index (κ2) is 6.41. The Kier molecular flexibility index (Phi) is 4.85. The minimum absolute atomic E-state index is 0.380. The van der Waals surface area contributed by atoms with Crippen LogP contribution in [0.3, 0.4) is 0 Å². The lowest BCUT2D eigenvalue weighted by Gasteiger charge is -2.14. The first kappa shape index (κ1) is 14.4. The Hall–Kier alpha value is -1.04. The van der Waals surface area contributed by atoms with Gasteiger partial charge in [0, 0.05) is 20.6 Å². The van der Waals surface area contributed by atoms with E-state index in [0.29, 0.717) is 4.99 Å². The number of hydrogen-bond donors (Lipinski definition) is 2. The van der Waals surface area contributed by atoms with E-state index in [1.807, 2.05) is 36.4 Å². The van der Waals surface area contributed by atoms with Gasteiger partial charge in [-0.3, -0.25) is 0 Å². The zero-order valence-corrected chi connectivity index (χ0v) is 13.5. The molecule has 3 N–H and O–H groups in total. The van der Waals surface area contributed by atoms with Gasteiger partial charge in [0.05, 0.1) is 5.69 Å². The van der Waals surface area contributed by atoms with Crippen LogP contribution in [0, 0.1) is 0 Å². The van der Waals surface area contributed by atoms with Crippen molar-refractivity contribution in [3.8, 4) is 0 Å². The van der Waals surface area contributed by atoms with Crippen molar-refractivity contribution in [1.29, 1.82) is 0 Å². The predicted octanol–water partition coefficient (Wildman–Crippen LogP) is 4.55. The highest BCUT2D eigenvalue weighted by molar-refractivity contribution is 9.10. The zero-order chi connectivity index (χ0) is 13.8. The smallest absolute Gasteiger partial charge is 0.106 e. The fourth-order valence-electron chi connectivity index (χ4n) is 1.72. The molecule has 0 spiro atoms. The van der Waals surface area contributed by atoms with Gasteiger partial charge in [-0.2, -0.15) is 0 Å². The Balaban J connectivity index is 2.41. The van der Waals surface area contributed by atoms with Crippen molar-refractivity contribution in [1.82, 2.24) is 0 Å². The third-order valence-electron chi connectivity index (χ3n) is 2.62. The summed E-state index contributed by atoms with van der Waals surface area (Å²) in [7, 11) is 0. The van der Waals surface area contributed by atoms with E-state index < -0.39 is 0 Å². The van der Waals surface area contributed by atoms with Gasteiger partial charge in [0.1, 0.15) is 4.99 Å². The maximum atomic E-state index is 5.77. The summed E-state index contributed by atoms with van der Waals surface area (Å²) in [5.74, 6) is 0. The summed E-state index contributed by atoms with van der Waals surface area (Å²) in [5.41, 5.74) is 8.57. The Morgan fingerprint density at radius 2 is 1.95 bits per heavy atom. The topological polar surface area (TPSA) is 38.0 Å². The van der Waals surface area contributed by atoms with Crippen LogP contribution in [-0.4, -0.2) is 11.2 Å². The van der Waals surface area contributed by atoms with Crippen molar-refractivity contribution in [3.05, 3.63) is 52.5 Å². The lowest BCUT2D eigenvalue weighted by molar-refractivity contribution is 1.41. The molecule has 0 saturated heterocycles. The molecule has 0 unspecified atom stereocenters. The van der Waals surface area contributed by atoms with E-state index in [0.717, 1.165) is 21.4 Å². The van der Waals surface area contributed by atoms with Gasteiger partial charge in [-0.15, -0.1) is 11.8 Å². The summed E-state index contributed by atoms with van der Waals surface area (Å²) in [4.78, 5) is 1.56. The molecule has 5 heteroatoms. The van der Waals surface area contributed by atoms with Crippen molar-refractivity contribution in [2.75, 3.05) is 11.6 Å². The Morgan fingerprint density at radius 1 is 1.21 bits per heavy atom. The van der Waals surface area contributed by atoms with Gasteiger partial charge in [-0.05, 0) is 36.6 Å². The van der Waals surface area contributed by atoms with Gasteiger partial charge in [0.15, 0.2) is 0 Å². The number of para-hydroxylation sites is 1. The SMILES string of the molecule is CSc1ccccc1Nc1ccc(Br)cc1C(N)=S. The standard InChI is InChI=1S/C14H13BrN2S2/c1-19-13-5-3-2-4-12(13)17-11-7-6-9(15)8-10(11)14(16)18/h2-8,17H,1H3,(H2,16,18). The molecule has 0 saturated carbocycles. The molecule has 0 bridgehead atoms. The van der Waals surface area contributed by atoms with Crippen molar-refractivity contribution in [2.24, 2.45) is 5.73 Å². The molecule has 0 aliphatic carbocycles. The van der Waals surface area contributed by atoms with Crippen LogP contribution in [0.4, 0.5) is 11.4 Å². The Morgan fingerprint density at radius 3 is 2.63 bits per heavy atom. The zero-order valence-electron chi connectivity index (χ0n) is 10.3. The molecular formula is C14H13BrN2S2. The van der Waals surface area contributed by atoms with Crippen molar-refractivity contribution in [3.63, 3.8) is 0 Å². The van der Waals surface area contributed by atoms with Crippen LogP contribution < -0.4 is 11.1 Å². The van der Waals surface area contributed by atoms with Crippen LogP contribution in [0.15, 0.2) is 51.8 Å². The van der Waals surface area contributed by atoms with E-state index in [-0.39, 0.29) is 0 Å². The molecule has 0 amide bonds. The fraction of sp³-hybridized carbons (Fsp3) is 0.0714. The molecule has 2 rings (SSSR count). The van der Waals surface area contributed by atoms with Crippen LogP contribution in [0.5, 0.6) is 0 Å².